The fourth-order valence-electron chi connectivity index (χ4n) is 3.03. The van der Waals surface area contributed by atoms with Gasteiger partial charge >= 0.3 is 0 Å². The second kappa shape index (κ2) is 13.0. The minimum absolute atomic E-state index is 0.259. The van der Waals surface area contributed by atoms with E-state index in [0.29, 0.717) is 17.0 Å². The number of aromatic nitrogens is 2. The van der Waals surface area contributed by atoms with E-state index >= 15 is 0 Å². The second-order valence-corrected chi connectivity index (χ2v) is 7.37. The van der Waals surface area contributed by atoms with E-state index in [9.17, 15) is 4.39 Å². The normalized spacial score (nSPS) is 12.4. The van der Waals surface area contributed by atoms with Gasteiger partial charge in [0.25, 0.3) is 0 Å². The van der Waals surface area contributed by atoms with E-state index in [0.717, 1.165) is 44.3 Å². The maximum absolute atomic E-state index is 14.4. The summed E-state index contributed by atoms with van der Waals surface area (Å²) in [5, 5.41) is 0. The first-order chi connectivity index (χ1) is 14.1. The molecule has 1 aromatic carbocycles. The smallest absolute Gasteiger partial charge is 0.159 e. The minimum atomic E-state index is -0.259. The van der Waals surface area contributed by atoms with E-state index in [1.807, 2.05) is 18.2 Å². The zero-order valence-electron chi connectivity index (χ0n) is 17.7. The van der Waals surface area contributed by atoms with Gasteiger partial charge in [-0.25, -0.2) is 14.4 Å². The molecule has 0 spiro atoms. The first-order valence-electron chi connectivity index (χ1n) is 10.6. The summed E-state index contributed by atoms with van der Waals surface area (Å²) in [6, 6.07) is 5.13. The van der Waals surface area contributed by atoms with Crippen LogP contribution < -0.4 is 0 Å². The van der Waals surface area contributed by atoms with Crippen LogP contribution in [0, 0.1) is 5.82 Å². The topological polar surface area (TPSA) is 35.0 Å². The Balaban J connectivity index is 1.80. The lowest BCUT2D eigenvalue weighted by Gasteiger charge is -2.12. The number of nitrogens with zero attached hydrogens (tertiary/aromatic N) is 2. The molecular formula is C25H33FN2O. The molecule has 1 unspecified atom stereocenters. The standard InChI is InChI=1S/C25H33FN2O/c1-4-6-10-16-29-20(3)12-8-7-9-13-22-14-15-23(17-24(22)26)25-27-18-21(11-5-2)19-28-25/h5,9,13-15,17-20H,2,4,6-8,10-12,16H2,1,3H3/b13-9+. The predicted octanol–water partition coefficient (Wildman–Crippen LogP) is 6.79. The number of hydrogen-bond donors (Lipinski definition) is 0. The second-order valence-electron chi connectivity index (χ2n) is 7.37. The van der Waals surface area contributed by atoms with E-state index < -0.39 is 0 Å². The summed E-state index contributed by atoms with van der Waals surface area (Å²) < 4.78 is 20.2. The maximum atomic E-state index is 14.4. The van der Waals surface area contributed by atoms with Crippen molar-refractivity contribution >= 4 is 6.08 Å². The summed E-state index contributed by atoms with van der Waals surface area (Å²) in [7, 11) is 0. The Bertz CT molecular complexity index is 771. The van der Waals surface area contributed by atoms with Crippen molar-refractivity contribution in [3.05, 3.63) is 66.3 Å². The molecule has 0 bridgehead atoms. The molecule has 0 N–H and O–H groups in total. The SMILES string of the molecule is C=CCc1cnc(-c2ccc(/C=C/CCCC(C)OCCCCC)c(F)c2)nc1. The third kappa shape index (κ3) is 8.28. The molecule has 0 aliphatic rings. The molecule has 1 heterocycles. The molecule has 0 fully saturated rings. The van der Waals surface area contributed by atoms with Crippen LogP contribution in [0.5, 0.6) is 0 Å². The van der Waals surface area contributed by atoms with Crippen LogP contribution in [0.15, 0.2) is 49.3 Å². The lowest BCUT2D eigenvalue weighted by molar-refractivity contribution is 0.0566. The molecule has 1 aromatic heterocycles. The van der Waals surface area contributed by atoms with Crippen molar-refractivity contribution in [2.75, 3.05) is 6.61 Å². The van der Waals surface area contributed by atoms with Gasteiger partial charge in [-0.15, -0.1) is 6.58 Å². The van der Waals surface area contributed by atoms with Gasteiger partial charge in [0, 0.05) is 30.1 Å². The van der Waals surface area contributed by atoms with Gasteiger partial charge in [0.15, 0.2) is 5.82 Å². The summed E-state index contributed by atoms with van der Waals surface area (Å²) in [6.45, 7) is 8.87. The lowest BCUT2D eigenvalue weighted by atomic mass is 10.1. The first kappa shape index (κ1) is 23.0. The molecule has 0 saturated carbocycles. The Morgan fingerprint density at radius 2 is 1.97 bits per heavy atom. The van der Waals surface area contributed by atoms with Gasteiger partial charge < -0.3 is 4.74 Å². The molecule has 0 aliphatic heterocycles. The molecule has 0 aliphatic carbocycles. The molecule has 0 saturated heterocycles. The molecule has 0 amide bonds. The van der Waals surface area contributed by atoms with Gasteiger partial charge in [0.2, 0.25) is 0 Å². The maximum Gasteiger partial charge on any atom is 0.159 e. The van der Waals surface area contributed by atoms with E-state index in [1.165, 1.54) is 18.9 Å². The summed E-state index contributed by atoms with van der Waals surface area (Å²) in [6.07, 6.45) is 16.8. The Hall–Kier alpha value is -2.33. The number of allylic oxidation sites excluding steroid dienone is 2. The van der Waals surface area contributed by atoms with E-state index in [2.05, 4.69) is 30.4 Å². The molecule has 3 nitrogen and oxygen atoms in total. The minimum Gasteiger partial charge on any atom is -0.379 e. The predicted molar refractivity (Wildman–Crippen MR) is 119 cm³/mol. The molecule has 2 rings (SSSR count). The number of rotatable bonds is 13. The van der Waals surface area contributed by atoms with Crippen molar-refractivity contribution in [2.24, 2.45) is 0 Å². The lowest BCUT2D eigenvalue weighted by Crippen LogP contribution is -2.08. The number of halogens is 1. The number of ether oxygens (including phenoxy) is 1. The van der Waals surface area contributed by atoms with Crippen molar-refractivity contribution in [1.29, 1.82) is 0 Å². The number of hydrogen-bond acceptors (Lipinski definition) is 3. The van der Waals surface area contributed by atoms with Gasteiger partial charge in [-0.05, 0) is 50.7 Å². The number of unbranched alkanes of at least 4 members (excludes halogenated alkanes) is 3. The van der Waals surface area contributed by atoms with E-state index in [-0.39, 0.29) is 11.9 Å². The highest BCUT2D eigenvalue weighted by molar-refractivity contribution is 5.60. The van der Waals surface area contributed by atoms with Crippen LogP contribution >= 0.6 is 0 Å². The van der Waals surface area contributed by atoms with Gasteiger partial charge in [-0.1, -0.05) is 50.1 Å². The van der Waals surface area contributed by atoms with Gasteiger partial charge in [-0.2, -0.15) is 0 Å². The molecule has 0 radical (unpaired) electrons. The third-order valence-corrected chi connectivity index (χ3v) is 4.77. The van der Waals surface area contributed by atoms with Gasteiger partial charge in [-0.3, -0.25) is 0 Å². The molecule has 1 atom stereocenters. The summed E-state index contributed by atoms with van der Waals surface area (Å²) >= 11 is 0. The molecule has 4 heteroatoms. The number of benzene rings is 1. The zero-order valence-corrected chi connectivity index (χ0v) is 17.7. The van der Waals surface area contributed by atoms with Crippen LogP contribution in [0.2, 0.25) is 0 Å². The molecule has 156 valence electrons. The summed E-state index contributed by atoms with van der Waals surface area (Å²) in [5.41, 5.74) is 2.25. The van der Waals surface area contributed by atoms with E-state index in [4.69, 9.17) is 4.74 Å². The highest BCUT2D eigenvalue weighted by Crippen LogP contribution is 2.20. The Morgan fingerprint density at radius 3 is 2.66 bits per heavy atom. The summed E-state index contributed by atoms with van der Waals surface area (Å²) in [5.74, 6) is 0.269. The third-order valence-electron chi connectivity index (χ3n) is 4.77. The molecule has 29 heavy (non-hydrogen) atoms. The van der Waals surface area contributed by atoms with Crippen molar-refractivity contribution < 1.29 is 9.13 Å². The van der Waals surface area contributed by atoms with Crippen LogP contribution in [0.1, 0.15) is 63.5 Å². The van der Waals surface area contributed by atoms with Crippen molar-refractivity contribution in [1.82, 2.24) is 9.97 Å². The quantitative estimate of drug-likeness (QED) is 0.276. The molecule has 2 aromatic rings. The van der Waals surface area contributed by atoms with Crippen LogP contribution in [-0.2, 0) is 11.2 Å². The van der Waals surface area contributed by atoms with Crippen LogP contribution in [0.4, 0.5) is 4.39 Å². The highest BCUT2D eigenvalue weighted by atomic mass is 19.1. The Morgan fingerprint density at radius 1 is 1.17 bits per heavy atom. The average Bonchev–Trinajstić information content (AvgIpc) is 2.73. The van der Waals surface area contributed by atoms with Crippen molar-refractivity contribution in [3.8, 4) is 11.4 Å². The molecular weight excluding hydrogens is 363 g/mol. The van der Waals surface area contributed by atoms with Crippen LogP contribution in [0.3, 0.4) is 0 Å². The first-order valence-corrected chi connectivity index (χ1v) is 10.6. The van der Waals surface area contributed by atoms with Crippen LogP contribution in [-0.4, -0.2) is 22.7 Å². The van der Waals surface area contributed by atoms with Crippen molar-refractivity contribution in [3.63, 3.8) is 0 Å². The summed E-state index contributed by atoms with van der Waals surface area (Å²) in [4.78, 5) is 8.63. The zero-order chi connectivity index (χ0) is 20.9. The van der Waals surface area contributed by atoms with E-state index in [1.54, 1.807) is 24.5 Å². The largest absolute Gasteiger partial charge is 0.379 e. The van der Waals surface area contributed by atoms with Crippen molar-refractivity contribution in [2.45, 2.75) is 64.9 Å². The Kier molecular flexibility index (Phi) is 10.3. The monoisotopic (exact) mass is 396 g/mol. The fourth-order valence-corrected chi connectivity index (χ4v) is 3.03. The Labute approximate surface area is 174 Å². The van der Waals surface area contributed by atoms with Gasteiger partial charge in [0.05, 0.1) is 6.10 Å². The van der Waals surface area contributed by atoms with Gasteiger partial charge in [0.1, 0.15) is 5.82 Å². The highest BCUT2D eigenvalue weighted by Gasteiger charge is 2.06. The average molecular weight is 397 g/mol. The van der Waals surface area contributed by atoms with Crippen LogP contribution in [0.25, 0.3) is 17.5 Å². The fraction of sp³-hybridized carbons (Fsp3) is 0.440.